The molecular weight excluding hydrogens is 426 g/mol. The van der Waals surface area contributed by atoms with Crippen LogP contribution < -0.4 is 10.1 Å². The number of benzene rings is 1. The summed E-state index contributed by atoms with van der Waals surface area (Å²) >= 11 is 4.98. The summed E-state index contributed by atoms with van der Waals surface area (Å²) in [4.78, 5) is 19.3. The van der Waals surface area contributed by atoms with Gasteiger partial charge in [-0.1, -0.05) is 13.0 Å². The fourth-order valence-electron chi connectivity index (χ4n) is 3.19. The summed E-state index contributed by atoms with van der Waals surface area (Å²) in [6.45, 7) is 5.47. The third kappa shape index (κ3) is 6.02. The van der Waals surface area contributed by atoms with Crippen LogP contribution in [-0.4, -0.2) is 36.0 Å². The Labute approximate surface area is 173 Å². The second kappa shape index (κ2) is 9.66. The summed E-state index contributed by atoms with van der Waals surface area (Å²) in [7, 11) is 1.64. The van der Waals surface area contributed by atoms with E-state index < -0.39 is 0 Å². The van der Waals surface area contributed by atoms with Gasteiger partial charge in [-0.15, -0.1) is 11.3 Å². The molecule has 0 spiro atoms. The van der Waals surface area contributed by atoms with Gasteiger partial charge in [0.1, 0.15) is 5.75 Å². The number of nitrogens with zero attached hydrogens (tertiary/aromatic N) is 2. The van der Waals surface area contributed by atoms with Gasteiger partial charge in [-0.25, -0.2) is 4.98 Å². The van der Waals surface area contributed by atoms with Crippen LogP contribution in [0.4, 0.5) is 5.13 Å². The Balaban J connectivity index is 1.45. The quantitative estimate of drug-likeness (QED) is 0.661. The molecule has 0 unspecified atom stereocenters. The predicted octanol–water partition coefficient (Wildman–Crippen LogP) is 4.72. The molecule has 1 saturated heterocycles. The van der Waals surface area contributed by atoms with Crippen LogP contribution in [0.25, 0.3) is 0 Å². The fourth-order valence-corrected chi connectivity index (χ4v) is 4.50. The van der Waals surface area contributed by atoms with E-state index in [1.807, 2.05) is 23.6 Å². The van der Waals surface area contributed by atoms with Gasteiger partial charge in [0.2, 0.25) is 5.91 Å². The van der Waals surface area contributed by atoms with Gasteiger partial charge in [0.05, 0.1) is 17.3 Å². The molecule has 0 bridgehead atoms. The lowest BCUT2D eigenvalue weighted by Crippen LogP contribution is -2.32. The first-order valence-corrected chi connectivity index (χ1v) is 11.0. The highest BCUT2D eigenvalue weighted by Crippen LogP contribution is 2.26. The third-order valence-corrected chi connectivity index (χ3v) is 6.34. The smallest absolute Gasteiger partial charge is 0.226 e. The molecule has 2 aromatic rings. The molecule has 1 amide bonds. The first kappa shape index (κ1) is 20.3. The molecule has 5 nitrogen and oxygen atoms in total. The number of aryl methyl sites for hydroxylation is 1. The SMILES string of the molecule is COc1ccc(CCC(=O)Nc2nc(CN3CCC(C)CC3)cs2)cc1Br. The maximum Gasteiger partial charge on any atom is 0.226 e. The maximum absolute atomic E-state index is 12.2. The van der Waals surface area contributed by atoms with E-state index in [0.717, 1.165) is 47.0 Å². The molecule has 1 aliphatic heterocycles. The molecular formula is C20H26BrN3O2S. The minimum Gasteiger partial charge on any atom is -0.496 e. The number of methoxy groups -OCH3 is 1. The van der Waals surface area contributed by atoms with E-state index in [4.69, 9.17) is 4.74 Å². The number of rotatable bonds is 7. The Morgan fingerprint density at radius 1 is 1.41 bits per heavy atom. The summed E-state index contributed by atoms with van der Waals surface area (Å²) in [5.41, 5.74) is 2.14. The van der Waals surface area contributed by atoms with E-state index >= 15 is 0 Å². The first-order chi connectivity index (χ1) is 13.0. The van der Waals surface area contributed by atoms with Crippen LogP contribution in [0.5, 0.6) is 5.75 Å². The monoisotopic (exact) mass is 451 g/mol. The van der Waals surface area contributed by atoms with Crippen molar-refractivity contribution in [2.24, 2.45) is 5.92 Å². The number of piperidine rings is 1. The van der Waals surface area contributed by atoms with Crippen LogP contribution in [0.15, 0.2) is 28.1 Å². The number of ether oxygens (including phenoxy) is 1. The van der Waals surface area contributed by atoms with Gasteiger partial charge in [-0.2, -0.15) is 0 Å². The Bertz CT molecular complexity index is 772. The average molecular weight is 452 g/mol. The number of thiazole rings is 1. The van der Waals surface area contributed by atoms with Crippen LogP contribution in [0.2, 0.25) is 0 Å². The van der Waals surface area contributed by atoms with Gasteiger partial charge in [-0.3, -0.25) is 9.69 Å². The molecule has 0 aliphatic carbocycles. The largest absolute Gasteiger partial charge is 0.496 e. The van der Waals surface area contributed by atoms with Crippen molar-refractivity contribution in [3.8, 4) is 5.75 Å². The lowest BCUT2D eigenvalue weighted by Gasteiger charge is -2.29. The average Bonchev–Trinajstić information content (AvgIpc) is 3.09. The molecule has 1 aromatic carbocycles. The van der Waals surface area contributed by atoms with E-state index in [9.17, 15) is 4.79 Å². The van der Waals surface area contributed by atoms with E-state index in [2.05, 4.69) is 38.1 Å². The minimum absolute atomic E-state index is 0.00496. The summed E-state index contributed by atoms with van der Waals surface area (Å²) in [5, 5.41) is 5.67. The van der Waals surface area contributed by atoms with Crippen molar-refractivity contribution in [2.45, 2.75) is 39.2 Å². The van der Waals surface area contributed by atoms with Gasteiger partial charge >= 0.3 is 0 Å². The van der Waals surface area contributed by atoms with Crippen molar-refractivity contribution < 1.29 is 9.53 Å². The molecule has 0 radical (unpaired) electrons. The topological polar surface area (TPSA) is 54.5 Å². The molecule has 27 heavy (non-hydrogen) atoms. The second-order valence-electron chi connectivity index (χ2n) is 7.12. The molecule has 7 heteroatoms. The van der Waals surface area contributed by atoms with E-state index in [0.29, 0.717) is 18.0 Å². The highest BCUT2D eigenvalue weighted by Gasteiger charge is 2.17. The van der Waals surface area contributed by atoms with E-state index in [-0.39, 0.29) is 5.91 Å². The molecule has 1 fully saturated rings. The van der Waals surface area contributed by atoms with Crippen LogP contribution >= 0.6 is 27.3 Å². The van der Waals surface area contributed by atoms with E-state index in [1.54, 1.807) is 7.11 Å². The van der Waals surface area contributed by atoms with Crippen molar-refractivity contribution in [1.29, 1.82) is 0 Å². The van der Waals surface area contributed by atoms with Crippen molar-refractivity contribution >= 4 is 38.3 Å². The van der Waals surface area contributed by atoms with Gasteiger partial charge in [-0.05, 0) is 71.9 Å². The Morgan fingerprint density at radius 3 is 2.89 bits per heavy atom. The molecule has 1 aromatic heterocycles. The molecule has 1 aliphatic rings. The predicted molar refractivity (Wildman–Crippen MR) is 113 cm³/mol. The zero-order valence-corrected chi connectivity index (χ0v) is 18.2. The minimum atomic E-state index is -0.00496. The first-order valence-electron chi connectivity index (χ1n) is 9.32. The van der Waals surface area contributed by atoms with Crippen LogP contribution in [0.3, 0.4) is 0 Å². The summed E-state index contributed by atoms with van der Waals surface area (Å²) in [6, 6.07) is 5.89. The molecule has 1 N–H and O–H groups in total. The van der Waals surface area contributed by atoms with Gasteiger partial charge in [0.25, 0.3) is 0 Å². The van der Waals surface area contributed by atoms with Crippen molar-refractivity contribution in [1.82, 2.24) is 9.88 Å². The Morgan fingerprint density at radius 2 is 2.19 bits per heavy atom. The normalized spacial score (nSPS) is 15.7. The lowest BCUT2D eigenvalue weighted by atomic mass is 9.99. The van der Waals surface area contributed by atoms with Crippen LogP contribution in [0.1, 0.15) is 37.4 Å². The molecule has 0 atom stereocenters. The summed E-state index contributed by atoms with van der Waals surface area (Å²) < 4.78 is 6.13. The zero-order chi connectivity index (χ0) is 19.2. The number of aromatic nitrogens is 1. The number of likely N-dealkylation sites (tertiary alicyclic amines) is 1. The third-order valence-electron chi connectivity index (χ3n) is 4.92. The number of anilines is 1. The Kier molecular flexibility index (Phi) is 7.26. The standard InChI is InChI=1S/C20H26BrN3O2S/c1-14-7-9-24(10-8-14)12-16-13-27-20(22-16)23-19(25)6-4-15-3-5-18(26-2)17(21)11-15/h3,5,11,13-14H,4,6-10,12H2,1-2H3,(H,22,23,25). The zero-order valence-electron chi connectivity index (χ0n) is 15.8. The molecule has 3 rings (SSSR count). The second-order valence-corrected chi connectivity index (χ2v) is 8.83. The number of halogens is 1. The summed E-state index contributed by atoms with van der Waals surface area (Å²) in [6.07, 6.45) is 3.63. The molecule has 2 heterocycles. The van der Waals surface area contributed by atoms with Crippen molar-refractivity contribution in [2.75, 3.05) is 25.5 Å². The fraction of sp³-hybridized carbons (Fsp3) is 0.500. The Hall–Kier alpha value is -1.44. The highest BCUT2D eigenvalue weighted by molar-refractivity contribution is 9.10. The molecule has 146 valence electrons. The van der Waals surface area contributed by atoms with Gasteiger partial charge in [0.15, 0.2) is 5.13 Å². The van der Waals surface area contributed by atoms with Crippen LogP contribution in [-0.2, 0) is 17.8 Å². The maximum atomic E-state index is 12.2. The number of hydrogen-bond acceptors (Lipinski definition) is 5. The number of hydrogen-bond donors (Lipinski definition) is 1. The number of amides is 1. The lowest BCUT2D eigenvalue weighted by molar-refractivity contribution is -0.116. The highest BCUT2D eigenvalue weighted by atomic mass is 79.9. The van der Waals surface area contributed by atoms with Crippen LogP contribution in [0, 0.1) is 5.92 Å². The number of carbonyl (C=O) groups excluding carboxylic acids is 1. The van der Waals surface area contributed by atoms with Crippen molar-refractivity contribution in [3.63, 3.8) is 0 Å². The number of nitrogens with one attached hydrogen (secondary N) is 1. The van der Waals surface area contributed by atoms with E-state index in [1.165, 1.54) is 24.2 Å². The molecule has 0 saturated carbocycles. The van der Waals surface area contributed by atoms with Gasteiger partial charge < -0.3 is 10.1 Å². The van der Waals surface area contributed by atoms with Crippen molar-refractivity contribution in [3.05, 3.63) is 39.3 Å². The van der Waals surface area contributed by atoms with Gasteiger partial charge in [0, 0.05) is 18.3 Å². The number of carbonyl (C=O) groups is 1. The summed E-state index contributed by atoms with van der Waals surface area (Å²) in [5.74, 6) is 1.62.